The minimum atomic E-state index is -1.03. The number of benzene rings is 1. The number of hydrogen-bond donors (Lipinski definition) is 1. The topological polar surface area (TPSA) is 57.6 Å². The Morgan fingerprint density at radius 3 is 2.26 bits per heavy atom. The first-order chi connectivity index (χ1) is 8.95. The number of carbonyl (C=O) groups excluding carboxylic acids is 1. The standard InChI is InChI=1S/C13H13Cl2NO3/c14-10-3-9(4-11(15)5-10)13(19)16(7-12(17)18)6-8-1-2-8/h3-5,8H,1-2,6-7H2,(H,17,18). The fourth-order valence-corrected chi connectivity index (χ4v) is 2.38. The van der Waals surface area contributed by atoms with Crippen LogP contribution in [0.4, 0.5) is 0 Å². The van der Waals surface area contributed by atoms with Crippen LogP contribution in [0.2, 0.25) is 10.0 Å². The molecule has 4 nitrogen and oxygen atoms in total. The van der Waals surface area contributed by atoms with Gasteiger partial charge in [0.1, 0.15) is 6.54 Å². The lowest BCUT2D eigenvalue weighted by molar-refractivity contribution is -0.137. The quantitative estimate of drug-likeness (QED) is 0.910. The summed E-state index contributed by atoms with van der Waals surface area (Å²) in [6.45, 7) is 0.161. The Morgan fingerprint density at radius 1 is 1.21 bits per heavy atom. The lowest BCUT2D eigenvalue weighted by atomic mass is 10.2. The minimum absolute atomic E-state index is 0.306. The fraction of sp³-hybridized carbons (Fsp3) is 0.385. The second-order valence-corrected chi connectivity index (χ2v) is 5.55. The van der Waals surface area contributed by atoms with Crippen LogP contribution in [-0.2, 0) is 4.79 Å². The van der Waals surface area contributed by atoms with E-state index in [1.165, 1.54) is 23.1 Å². The number of halogens is 2. The summed E-state index contributed by atoms with van der Waals surface area (Å²) in [5.41, 5.74) is 0.319. The average Bonchev–Trinajstić information content (AvgIpc) is 3.09. The van der Waals surface area contributed by atoms with Gasteiger partial charge in [0.05, 0.1) is 0 Å². The summed E-state index contributed by atoms with van der Waals surface area (Å²) in [4.78, 5) is 24.5. The van der Waals surface area contributed by atoms with Crippen molar-refractivity contribution in [1.82, 2.24) is 4.90 Å². The van der Waals surface area contributed by atoms with Gasteiger partial charge in [-0.25, -0.2) is 0 Å². The molecule has 1 saturated carbocycles. The van der Waals surface area contributed by atoms with Crippen molar-refractivity contribution < 1.29 is 14.7 Å². The van der Waals surface area contributed by atoms with Crippen molar-refractivity contribution in [2.75, 3.05) is 13.1 Å². The van der Waals surface area contributed by atoms with Crippen LogP contribution in [0.5, 0.6) is 0 Å². The van der Waals surface area contributed by atoms with Crippen molar-refractivity contribution in [3.63, 3.8) is 0 Å². The molecule has 0 spiro atoms. The maximum Gasteiger partial charge on any atom is 0.323 e. The van der Waals surface area contributed by atoms with Crippen molar-refractivity contribution >= 4 is 35.1 Å². The Morgan fingerprint density at radius 2 is 1.79 bits per heavy atom. The number of aliphatic carboxylic acids is 1. The Kier molecular flexibility index (Phi) is 4.32. The van der Waals surface area contributed by atoms with Crippen LogP contribution in [0.15, 0.2) is 18.2 Å². The van der Waals surface area contributed by atoms with Gasteiger partial charge in [-0.3, -0.25) is 9.59 Å². The van der Waals surface area contributed by atoms with Crippen molar-refractivity contribution in [2.24, 2.45) is 5.92 Å². The van der Waals surface area contributed by atoms with E-state index in [-0.39, 0.29) is 12.5 Å². The summed E-state index contributed by atoms with van der Waals surface area (Å²) in [7, 11) is 0. The van der Waals surface area contributed by atoms with Crippen molar-refractivity contribution in [3.8, 4) is 0 Å². The van der Waals surface area contributed by atoms with E-state index in [0.29, 0.717) is 28.1 Å². The summed E-state index contributed by atoms with van der Waals surface area (Å²) in [5.74, 6) is -0.959. The van der Waals surface area contributed by atoms with Crippen molar-refractivity contribution in [1.29, 1.82) is 0 Å². The van der Waals surface area contributed by atoms with Gasteiger partial charge in [-0.15, -0.1) is 0 Å². The molecule has 1 aromatic carbocycles. The molecule has 6 heteroatoms. The number of carbonyl (C=O) groups is 2. The molecular formula is C13H13Cl2NO3. The largest absolute Gasteiger partial charge is 0.480 e. The third-order valence-corrected chi connectivity index (χ3v) is 3.33. The SMILES string of the molecule is O=C(O)CN(CC1CC1)C(=O)c1cc(Cl)cc(Cl)c1. The lowest BCUT2D eigenvalue weighted by Crippen LogP contribution is -2.37. The van der Waals surface area contributed by atoms with Gasteiger partial charge in [0, 0.05) is 22.2 Å². The van der Waals surface area contributed by atoms with Crippen LogP contribution in [0.25, 0.3) is 0 Å². The van der Waals surface area contributed by atoms with Crippen LogP contribution in [0.3, 0.4) is 0 Å². The third kappa shape index (κ3) is 4.11. The first-order valence-electron chi connectivity index (χ1n) is 5.93. The number of carboxylic acids is 1. The number of rotatable bonds is 5. The minimum Gasteiger partial charge on any atom is -0.480 e. The number of hydrogen-bond acceptors (Lipinski definition) is 2. The van der Waals surface area contributed by atoms with E-state index < -0.39 is 5.97 Å². The third-order valence-electron chi connectivity index (χ3n) is 2.90. The molecule has 1 fully saturated rings. The molecule has 19 heavy (non-hydrogen) atoms. The normalized spacial score (nSPS) is 14.2. The molecule has 1 aromatic rings. The Labute approximate surface area is 120 Å². The molecule has 1 aliphatic rings. The van der Waals surface area contributed by atoms with E-state index in [2.05, 4.69) is 0 Å². The van der Waals surface area contributed by atoms with E-state index in [9.17, 15) is 9.59 Å². The van der Waals surface area contributed by atoms with Crippen LogP contribution in [0.1, 0.15) is 23.2 Å². The zero-order valence-corrected chi connectivity index (χ0v) is 11.6. The van der Waals surface area contributed by atoms with Crippen LogP contribution in [0, 0.1) is 5.92 Å². The molecule has 2 rings (SSSR count). The molecule has 1 aliphatic carbocycles. The maximum atomic E-state index is 12.3. The monoisotopic (exact) mass is 301 g/mol. The molecule has 0 saturated heterocycles. The van der Waals surface area contributed by atoms with Crippen molar-refractivity contribution in [2.45, 2.75) is 12.8 Å². The van der Waals surface area contributed by atoms with Gasteiger partial charge in [-0.2, -0.15) is 0 Å². The second kappa shape index (κ2) is 5.80. The van der Waals surface area contributed by atoms with E-state index in [4.69, 9.17) is 28.3 Å². The summed E-state index contributed by atoms with van der Waals surface area (Å²) in [5, 5.41) is 9.59. The van der Waals surface area contributed by atoms with E-state index in [1.807, 2.05) is 0 Å². The zero-order valence-electron chi connectivity index (χ0n) is 10.1. The number of amides is 1. The van der Waals surface area contributed by atoms with Gasteiger partial charge >= 0.3 is 5.97 Å². The average molecular weight is 302 g/mol. The molecule has 0 aromatic heterocycles. The molecular weight excluding hydrogens is 289 g/mol. The molecule has 102 valence electrons. The van der Waals surface area contributed by atoms with Crippen molar-refractivity contribution in [3.05, 3.63) is 33.8 Å². The number of nitrogens with zero attached hydrogens (tertiary/aromatic N) is 1. The predicted octanol–water partition coefficient (Wildman–Crippen LogP) is 2.93. The van der Waals surface area contributed by atoms with Gasteiger partial charge < -0.3 is 10.0 Å². The number of carboxylic acid groups (broad SMARTS) is 1. The summed E-state index contributed by atoms with van der Waals surface area (Å²) >= 11 is 11.7. The Hall–Kier alpha value is -1.26. The molecule has 0 radical (unpaired) electrons. The van der Waals surface area contributed by atoms with Gasteiger partial charge in [0.25, 0.3) is 5.91 Å². The molecule has 0 aliphatic heterocycles. The lowest BCUT2D eigenvalue weighted by Gasteiger charge is -2.20. The zero-order chi connectivity index (χ0) is 14.0. The molecule has 0 unspecified atom stereocenters. The van der Waals surface area contributed by atoms with Gasteiger partial charge in [-0.1, -0.05) is 23.2 Å². The Balaban J connectivity index is 2.18. The molecule has 0 atom stereocenters. The second-order valence-electron chi connectivity index (χ2n) is 4.68. The fourth-order valence-electron chi connectivity index (χ4n) is 1.85. The van der Waals surface area contributed by atoms with Crippen LogP contribution < -0.4 is 0 Å². The van der Waals surface area contributed by atoms with Gasteiger partial charge in [-0.05, 0) is 37.0 Å². The van der Waals surface area contributed by atoms with E-state index >= 15 is 0 Å². The molecule has 1 amide bonds. The van der Waals surface area contributed by atoms with E-state index in [1.54, 1.807) is 0 Å². The first-order valence-corrected chi connectivity index (χ1v) is 6.68. The van der Waals surface area contributed by atoms with Crippen LogP contribution >= 0.6 is 23.2 Å². The van der Waals surface area contributed by atoms with Gasteiger partial charge in [0.15, 0.2) is 0 Å². The highest BCUT2D eigenvalue weighted by molar-refractivity contribution is 6.35. The maximum absolute atomic E-state index is 12.3. The Bertz CT molecular complexity index is 494. The summed E-state index contributed by atoms with van der Waals surface area (Å²) in [6, 6.07) is 4.53. The highest BCUT2D eigenvalue weighted by Gasteiger charge is 2.28. The summed E-state index contributed by atoms with van der Waals surface area (Å²) in [6.07, 6.45) is 2.08. The molecule has 1 N–H and O–H groups in total. The first kappa shape index (κ1) is 14.2. The highest BCUT2D eigenvalue weighted by Crippen LogP contribution is 2.30. The molecule has 0 heterocycles. The van der Waals surface area contributed by atoms with Crippen LogP contribution in [-0.4, -0.2) is 35.0 Å². The molecule has 0 bridgehead atoms. The smallest absolute Gasteiger partial charge is 0.323 e. The predicted molar refractivity (Wildman–Crippen MR) is 72.7 cm³/mol. The summed E-state index contributed by atoms with van der Waals surface area (Å²) < 4.78 is 0. The van der Waals surface area contributed by atoms with E-state index in [0.717, 1.165) is 12.8 Å². The van der Waals surface area contributed by atoms with Gasteiger partial charge in [0.2, 0.25) is 0 Å². The highest BCUT2D eigenvalue weighted by atomic mass is 35.5.